The van der Waals surface area contributed by atoms with Crippen molar-refractivity contribution < 1.29 is 9.26 Å². The monoisotopic (exact) mass is 356 g/mol. The van der Waals surface area contributed by atoms with Crippen molar-refractivity contribution >= 4 is 23.2 Å². The number of benzene rings is 1. The van der Waals surface area contributed by atoms with Gasteiger partial charge in [0.1, 0.15) is 12.4 Å². The second-order valence-corrected chi connectivity index (χ2v) is 6.29. The molecule has 0 saturated carbocycles. The van der Waals surface area contributed by atoms with E-state index in [0.717, 1.165) is 45.1 Å². The minimum absolute atomic E-state index is 0.586. The summed E-state index contributed by atoms with van der Waals surface area (Å²) in [5.41, 5.74) is 0. The van der Waals surface area contributed by atoms with Crippen LogP contribution in [0, 0.1) is 0 Å². The summed E-state index contributed by atoms with van der Waals surface area (Å²) in [5.74, 6) is 1.44. The third kappa shape index (κ3) is 5.07. The Kier molecular flexibility index (Phi) is 5.72. The molecule has 3 rings (SSSR count). The molecule has 23 heavy (non-hydrogen) atoms. The van der Waals surface area contributed by atoms with Gasteiger partial charge in [-0.25, -0.2) is 0 Å². The van der Waals surface area contributed by atoms with E-state index in [1.807, 2.05) is 0 Å². The summed E-state index contributed by atoms with van der Waals surface area (Å²) in [4.78, 5) is 8.74. The van der Waals surface area contributed by atoms with Crippen LogP contribution in [0.5, 0.6) is 5.75 Å². The highest BCUT2D eigenvalue weighted by molar-refractivity contribution is 6.34. The zero-order valence-corrected chi connectivity index (χ0v) is 14.1. The summed E-state index contributed by atoms with van der Waals surface area (Å²) in [6.07, 6.45) is 1.37. The van der Waals surface area contributed by atoms with Crippen molar-refractivity contribution in [1.29, 1.82) is 0 Å². The lowest BCUT2D eigenvalue weighted by molar-refractivity contribution is 0.110. The second-order valence-electron chi connectivity index (χ2n) is 5.42. The molecule has 1 aromatic heterocycles. The minimum Gasteiger partial charge on any atom is -0.492 e. The van der Waals surface area contributed by atoms with E-state index in [0.29, 0.717) is 22.4 Å². The first-order valence-electron chi connectivity index (χ1n) is 7.48. The molecular weight excluding hydrogens is 339 g/mol. The molecule has 0 aliphatic carbocycles. The Labute approximate surface area is 144 Å². The Bertz CT molecular complexity index is 596. The van der Waals surface area contributed by atoms with Crippen molar-refractivity contribution in [2.75, 3.05) is 39.3 Å². The zero-order chi connectivity index (χ0) is 16.1. The van der Waals surface area contributed by atoms with Crippen LogP contribution in [0.3, 0.4) is 0 Å². The Balaban J connectivity index is 1.37. The molecule has 0 amide bonds. The minimum atomic E-state index is 0.586. The second kappa shape index (κ2) is 7.97. The van der Waals surface area contributed by atoms with Crippen LogP contribution in [0.4, 0.5) is 0 Å². The van der Waals surface area contributed by atoms with Crippen molar-refractivity contribution in [2.45, 2.75) is 6.54 Å². The lowest BCUT2D eigenvalue weighted by Crippen LogP contribution is -2.47. The predicted molar refractivity (Wildman–Crippen MR) is 88.0 cm³/mol. The van der Waals surface area contributed by atoms with Crippen LogP contribution in [-0.2, 0) is 6.54 Å². The van der Waals surface area contributed by atoms with E-state index in [2.05, 4.69) is 19.9 Å². The molecule has 8 heteroatoms. The molecule has 0 radical (unpaired) electrons. The first kappa shape index (κ1) is 16.5. The molecule has 2 aromatic rings. The third-order valence-electron chi connectivity index (χ3n) is 3.75. The number of hydrogen-bond acceptors (Lipinski definition) is 6. The SMILES string of the molecule is Clc1cc(Cl)cc(OCCN2CCN(Cc3ncon3)CC2)c1. The van der Waals surface area contributed by atoms with E-state index < -0.39 is 0 Å². The van der Waals surface area contributed by atoms with Gasteiger partial charge in [-0.05, 0) is 18.2 Å². The van der Waals surface area contributed by atoms with Crippen LogP contribution >= 0.6 is 23.2 Å². The van der Waals surface area contributed by atoms with Crippen molar-refractivity contribution in [3.8, 4) is 5.75 Å². The van der Waals surface area contributed by atoms with Crippen molar-refractivity contribution in [2.24, 2.45) is 0 Å². The normalized spacial score (nSPS) is 16.6. The Hall–Kier alpha value is -1.34. The fourth-order valence-corrected chi connectivity index (χ4v) is 3.04. The van der Waals surface area contributed by atoms with Crippen LogP contribution in [0.25, 0.3) is 0 Å². The lowest BCUT2D eigenvalue weighted by Gasteiger charge is -2.33. The molecule has 1 fully saturated rings. The van der Waals surface area contributed by atoms with Crippen LogP contribution in [0.2, 0.25) is 10.0 Å². The van der Waals surface area contributed by atoms with Gasteiger partial charge in [0.15, 0.2) is 5.82 Å². The van der Waals surface area contributed by atoms with E-state index >= 15 is 0 Å². The van der Waals surface area contributed by atoms with Gasteiger partial charge in [0, 0.05) is 42.8 Å². The molecular formula is C15H18Cl2N4O2. The average Bonchev–Trinajstić information content (AvgIpc) is 3.01. The summed E-state index contributed by atoms with van der Waals surface area (Å²) in [7, 11) is 0. The molecule has 6 nitrogen and oxygen atoms in total. The molecule has 1 saturated heterocycles. The molecule has 0 atom stereocenters. The van der Waals surface area contributed by atoms with Crippen molar-refractivity contribution in [3.05, 3.63) is 40.5 Å². The van der Waals surface area contributed by atoms with Gasteiger partial charge in [-0.3, -0.25) is 9.80 Å². The van der Waals surface area contributed by atoms with Crippen LogP contribution in [-0.4, -0.2) is 59.3 Å². The number of ether oxygens (including phenoxy) is 1. The highest BCUT2D eigenvalue weighted by Crippen LogP contribution is 2.24. The topological polar surface area (TPSA) is 54.6 Å². The molecule has 1 aliphatic heterocycles. The molecule has 0 spiro atoms. The Morgan fingerprint density at radius 3 is 2.39 bits per heavy atom. The summed E-state index contributed by atoms with van der Waals surface area (Å²) in [6, 6.07) is 5.24. The number of halogens is 2. The van der Waals surface area contributed by atoms with Crippen LogP contribution in [0.1, 0.15) is 5.82 Å². The van der Waals surface area contributed by atoms with Gasteiger partial charge >= 0.3 is 0 Å². The van der Waals surface area contributed by atoms with Gasteiger partial charge in [-0.1, -0.05) is 28.4 Å². The molecule has 1 aromatic carbocycles. The van der Waals surface area contributed by atoms with Gasteiger partial charge in [-0.2, -0.15) is 4.98 Å². The summed E-state index contributed by atoms with van der Waals surface area (Å²) in [5, 5.41) is 5.02. The van der Waals surface area contributed by atoms with Crippen molar-refractivity contribution in [1.82, 2.24) is 19.9 Å². The van der Waals surface area contributed by atoms with E-state index in [-0.39, 0.29) is 0 Å². The van der Waals surface area contributed by atoms with Gasteiger partial charge in [0.25, 0.3) is 0 Å². The highest BCUT2D eigenvalue weighted by atomic mass is 35.5. The summed E-state index contributed by atoms with van der Waals surface area (Å²) >= 11 is 11.9. The largest absolute Gasteiger partial charge is 0.492 e. The number of rotatable bonds is 6. The number of aromatic nitrogens is 2. The standard InChI is InChI=1S/C15H18Cl2N4O2/c16-12-7-13(17)9-14(8-12)22-6-5-20-1-3-21(4-2-20)10-15-18-11-23-19-15/h7-9,11H,1-6,10H2. The van der Waals surface area contributed by atoms with E-state index in [1.54, 1.807) is 18.2 Å². The predicted octanol–water partition coefficient (Wildman–Crippen LogP) is 2.57. The van der Waals surface area contributed by atoms with E-state index in [9.17, 15) is 0 Å². The van der Waals surface area contributed by atoms with Gasteiger partial charge < -0.3 is 9.26 Å². The maximum atomic E-state index is 5.95. The first-order valence-corrected chi connectivity index (χ1v) is 8.23. The quantitative estimate of drug-likeness (QED) is 0.792. The molecule has 0 unspecified atom stereocenters. The number of piperazine rings is 1. The Morgan fingerprint density at radius 1 is 1.04 bits per heavy atom. The zero-order valence-electron chi connectivity index (χ0n) is 12.6. The third-order valence-corrected chi connectivity index (χ3v) is 4.19. The first-order chi connectivity index (χ1) is 11.2. The van der Waals surface area contributed by atoms with Crippen LogP contribution < -0.4 is 4.74 Å². The summed E-state index contributed by atoms with van der Waals surface area (Å²) in [6.45, 7) is 6.19. The fraction of sp³-hybridized carbons (Fsp3) is 0.467. The summed E-state index contributed by atoms with van der Waals surface area (Å²) < 4.78 is 10.5. The van der Waals surface area contributed by atoms with E-state index in [4.69, 9.17) is 32.5 Å². The van der Waals surface area contributed by atoms with Gasteiger partial charge in [0.2, 0.25) is 6.39 Å². The molecule has 1 aliphatic rings. The van der Waals surface area contributed by atoms with E-state index in [1.165, 1.54) is 6.39 Å². The average molecular weight is 357 g/mol. The maximum Gasteiger partial charge on any atom is 0.213 e. The lowest BCUT2D eigenvalue weighted by atomic mass is 10.3. The molecule has 0 bridgehead atoms. The Morgan fingerprint density at radius 2 is 1.74 bits per heavy atom. The molecule has 124 valence electrons. The number of nitrogens with zero attached hydrogens (tertiary/aromatic N) is 4. The smallest absolute Gasteiger partial charge is 0.213 e. The molecule has 0 N–H and O–H groups in total. The molecule has 2 heterocycles. The maximum absolute atomic E-state index is 5.95. The van der Waals surface area contributed by atoms with Crippen molar-refractivity contribution in [3.63, 3.8) is 0 Å². The van der Waals surface area contributed by atoms with Crippen LogP contribution in [0.15, 0.2) is 29.1 Å². The fourth-order valence-electron chi connectivity index (χ4n) is 2.54. The van der Waals surface area contributed by atoms with Gasteiger partial charge in [-0.15, -0.1) is 0 Å². The highest BCUT2D eigenvalue weighted by Gasteiger charge is 2.18. The van der Waals surface area contributed by atoms with Gasteiger partial charge in [0.05, 0.1) is 6.54 Å². The number of hydrogen-bond donors (Lipinski definition) is 0.